The lowest BCUT2D eigenvalue weighted by molar-refractivity contribution is -0.123. The van der Waals surface area contributed by atoms with E-state index in [4.69, 9.17) is 9.47 Å². The van der Waals surface area contributed by atoms with E-state index in [2.05, 4.69) is 31.3 Å². The molecule has 1 rings (SSSR count). The molecule has 120 valence electrons. The zero-order chi connectivity index (χ0) is 16.1. The van der Waals surface area contributed by atoms with E-state index in [9.17, 15) is 4.79 Å². The summed E-state index contributed by atoms with van der Waals surface area (Å²) in [4.78, 5) is 10.1. The molecule has 1 aromatic carbocycles. The zero-order valence-electron chi connectivity index (χ0n) is 13.9. The Hall–Kier alpha value is -1.39. The van der Waals surface area contributed by atoms with Crippen molar-refractivity contribution in [2.24, 2.45) is 0 Å². The largest absolute Gasteiger partial charge is 0.384 e. The summed E-state index contributed by atoms with van der Waals surface area (Å²) in [6.45, 7) is 12.1. The van der Waals surface area contributed by atoms with Crippen molar-refractivity contribution in [3.8, 4) is 0 Å². The molecule has 21 heavy (non-hydrogen) atoms. The Morgan fingerprint density at radius 1 is 1.14 bits per heavy atom. The first-order valence-corrected chi connectivity index (χ1v) is 7.53. The van der Waals surface area contributed by atoms with E-state index in [0.717, 1.165) is 31.7 Å². The third-order valence-corrected chi connectivity index (χ3v) is 2.85. The summed E-state index contributed by atoms with van der Waals surface area (Å²) in [5.74, 6) is 0. The maximum Gasteiger partial charge on any atom is 0.154 e. The van der Waals surface area contributed by atoms with Gasteiger partial charge in [0.2, 0.25) is 0 Å². The van der Waals surface area contributed by atoms with Crippen LogP contribution in [0.2, 0.25) is 0 Å². The summed E-state index contributed by atoms with van der Waals surface area (Å²) in [5.41, 5.74) is 3.61. The zero-order valence-corrected chi connectivity index (χ0v) is 13.9. The van der Waals surface area contributed by atoms with Crippen LogP contribution in [0.3, 0.4) is 0 Å². The fourth-order valence-electron chi connectivity index (χ4n) is 1.87. The van der Waals surface area contributed by atoms with Gasteiger partial charge in [-0.05, 0) is 45.7 Å². The van der Waals surface area contributed by atoms with Gasteiger partial charge >= 0.3 is 0 Å². The van der Waals surface area contributed by atoms with Crippen LogP contribution in [0.4, 0.5) is 5.69 Å². The Balaban J connectivity index is 0.000000433. The molecule has 0 radical (unpaired) electrons. The molecule has 0 unspecified atom stereocenters. The minimum absolute atomic E-state index is 0.0370. The summed E-state index contributed by atoms with van der Waals surface area (Å²) in [6.07, 6.45) is 1.46. The standard InChI is InChI=1S/C11H15NO.C6H14O2/c1-9-5-3-6-10(2)11(9)12-7-4-8-13;1-4-7-6(3)8-5-2/h3,5-6,8,12H,4,7H2,1-2H3;6H,4-5H2,1-3H3. The van der Waals surface area contributed by atoms with E-state index in [1.807, 2.05) is 26.8 Å². The minimum atomic E-state index is -0.0370. The summed E-state index contributed by atoms with van der Waals surface area (Å²) in [7, 11) is 0. The van der Waals surface area contributed by atoms with Crippen LogP contribution < -0.4 is 5.32 Å². The van der Waals surface area contributed by atoms with Crippen LogP contribution in [-0.4, -0.2) is 32.3 Å². The number of para-hydroxylation sites is 1. The van der Waals surface area contributed by atoms with Gasteiger partial charge in [-0.2, -0.15) is 0 Å². The monoisotopic (exact) mass is 295 g/mol. The Morgan fingerprint density at radius 3 is 2.10 bits per heavy atom. The van der Waals surface area contributed by atoms with Gasteiger partial charge in [0, 0.05) is 31.9 Å². The third-order valence-electron chi connectivity index (χ3n) is 2.85. The lowest BCUT2D eigenvalue weighted by atomic mass is 10.1. The van der Waals surface area contributed by atoms with Gasteiger partial charge in [0.1, 0.15) is 6.29 Å². The molecule has 0 saturated carbocycles. The van der Waals surface area contributed by atoms with Crippen LogP contribution >= 0.6 is 0 Å². The van der Waals surface area contributed by atoms with Gasteiger partial charge in [0.25, 0.3) is 0 Å². The van der Waals surface area contributed by atoms with E-state index < -0.39 is 0 Å². The fourth-order valence-corrected chi connectivity index (χ4v) is 1.87. The molecule has 0 spiro atoms. The molecule has 4 heteroatoms. The number of anilines is 1. The molecule has 0 bridgehead atoms. The first-order chi connectivity index (χ1) is 10.1. The van der Waals surface area contributed by atoms with E-state index in [1.165, 1.54) is 11.1 Å². The molecule has 0 aliphatic carbocycles. The first kappa shape index (κ1) is 19.6. The van der Waals surface area contributed by atoms with Crippen molar-refractivity contribution < 1.29 is 14.3 Å². The van der Waals surface area contributed by atoms with Crippen LogP contribution in [0.15, 0.2) is 18.2 Å². The van der Waals surface area contributed by atoms with Crippen molar-refractivity contribution in [1.29, 1.82) is 0 Å². The third kappa shape index (κ3) is 9.21. The van der Waals surface area contributed by atoms with E-state index in [0.29, 0.717) is 6.42 Å². The highest BCUT2D eigenvalue weighted by atomic mass is 16.7. The van der Waals surface area contributed by atoms with Gasteiger partial charge in [-0.25, -0.2) is 0 Å². The van der Waals surface area contributed by atoms with Crippen molar-refractivity contribution in [1.82, 2.24) is 0 Å². The summed E-state index contributed by atoms with van der Waals surface area (Å²) in [6, 6.07) is 6.17. The van der Waals surface area contributed by atoms with Crippen LogP contribution in [0.5, 0.6) is 0 Å². The number of hydrogen-bond donors (Lipinski definition) is 1. The molecule has 0 amide bonds. The summed E-state index contributed by atoms with van der Waals surface area (Å²) < 4.78 is 10.1. The average molecular weight is 295 g/mol. The van der Waals surface area contributed by atoms with Crippen LogP contribution in [0.1, 0.15) is 38.3 Å². The lowest BCUT2D eigenvalue weighted by Gasteiger charge is -2.10. The molecule has 0 aromatic heterocycles. The van der Waals surface area contributed by atoms with Crippen molar-refractivity contribution >= 4 is 12.0 Å². The van der Waals surface area contributed by atoms with Crippen LogP contribution in [-0.2, 0) is 14.3 Å². The van der Waals surface area contributed by atoms with Crippen molar-refractivity contribution in [3.05, 3.63) is 29.3 Å². The Bertz CT molecular complexity index is 367. The van der Waals surface area contributed by atoms with Crippen LogP contribution in [0, 0.1) is 13.8 Å². The second-order valence-corrected chi connectivity index (χ2v) is 4.63. The number of aryl methyl sites for hydroxylation is 2. The number of benzene rings is 1. The predicted octanol–water partition coefficient (Wildman–Crippen LogP) is 3.71. The molecule has 0 saturated heterocycles. The highest BCUT2D eigenvalue weighted by Gasteiger charge is 1.99. The van der Waals surface area contributed by atoms with E-state index in [-0.39, 0.29) is 6.29 Å². The number of carbonyl (C=O) groups excluding carboxylic acids is 1. The molecule has 0 aliphatic heterocycles. The van der Waals surface area contributed by atoms with E-state index in [1.54, 1.807) is 0 Å². The molecular weight excluding hydrogens is 266 g/mol. The predicted molar refractivity (Wildman–Crippen MR) is 87.8 cm³/mol. The number of aldehydes is 1. The highest BCUT2D eigenvalue weighted by molar-refractivity contribution is 5.58. The Kier molecular flexibility index (Phi) is 11.5. The van der Waals surface area contributed by atoms with Gasteiger partial charge < -0.3 is 19.6 Å². The van der Waals surface area contributed by atoms with Gasteiger partial charge in [-0.15, -0.1) is 0 Å². The smallest absolute Gasteiger partial charge is 0.154 e. The Labute approximate surface area is 128 Å². The summed E-state index contributed by atoms with van der Waals surface area (Å²) >= 11 is 0. The first-order valence-electron chi connectivity index (χ1n) is 7.53. The number of rotatable bonds is 8. The molecule has 0 aliphatic rings. The number of hydrogen-bond acceptors (Lipinski definition) is 4. The van der Waals surface area contributed by atoms with Crippen LogP contribution in [0.25, 0.3) is 0 Å². The Morgan fingerprint density at radius 2 is 1.67 bits per heavy atom. The SMILES string of the molecule is CCOC(C)OCC.Cc1cccc(C)c1NCCC=O. The maximum absolute atomic E-state index is 10.1. The van der Waals surface area contributed by atoms with Crippen molar-refractivity contribution in [3.63, 3.8) is 0 Å². The van der Waals surface area contributed by atoms with Gasteiger partial charge in [0.05, 0.1) is 0 Å². The normalized spacial score (nSPS) is 10.0. The van der Waals surface area contributed by atoms with E-state index >= 15 is 0 Å². The van der Waals surface area contributed by atoms with Gasteiger partial charge in [0.15, 0.2) is 6.29 Å². The fraction of sp³-hybridized carbons (Fsp3) is 0.588. The molecular formula is C17H29NO3. The quantitative estimate of drug-likeness (QED) is 0.451. The molecule has 0 atom stereocenters. The number of carbonyl (C=O) groups is 1. The molecule has 0 heterocycles. The second kappa shape index (κ2) is 12.4. The number of ether oxygens (including phenoxy) is 2. The van der Waals surface area contributed by atoms with Crippen molar-refractivity contribution in [2.45, 2.75) is 47.3 Å². The molecule has 4 nitrogen and oxygen atoms in total. The minimum Gasteiger partial charge on any atom is -0.384 e. The molecule has 1 aromatic rings. The molecule has 1 N–H and O–H groups in total. The highest BCUT2D eigenvalue weighted by Crippen LogP contribution is 2.18. The van der Waals surface area contributed by atoms with Crippen molar-refractivity contribution in [2.75, 3.05) is 25.1 Å². The lowest BCUT2D eigenvalue weighted by Crippen LogP contribution is -2.11. The second-order valence-electron chi connectivity index (χ2n) is 4.63. The topological polar surface area (TPSA) is 47.6 Å². The van der Waals surface area contributed by atoms with Gasteiger partial charge in [-0.3, -0.25) is 0 Å². The molecule has 0 fully saturated rings. The summed E-state index contributed by atoms with van der Waals surface area (Å²) in [5, 5.41) is 3.25. The number of nitrogens with one attached hydrogen (secondary N) is 1. The van der Waals surface area contributed by atoms with Gasteiger partial charge in [-0.1, -0.05) is 18.2 Å². The average Bonchev–Trinajstić information content (AvgIpc) is 2.43. The maximum atomic E-state index is 10.1.